The monoisotopic (exact) mass is 329 g/mol. The van der Waals surface area contributed by atoms with Gasteiger partial charge in [-0.2, -0.15) is 0 Å². The molecule has 0 bridgehead atoms. The van der Waals surface area contributed by atoms with Gasteiger partial charge >= 0.3 is 6.03 Å². The van der Waals surface area contributed by atoms with Crippen LogP contribution in [0.2, 0.25) is 0 Å². The summed E-state index contributed by atoms with van der Waals surface area (Å²) >= 11 is 0. The maximum absolute atomic E-state index is 13.0. The summed E-state index contributed by atoms with van der Waals surface area (Å²) in [7, 11) is 0. The fraction of sp³-hybridized carbons (Fsp3) is 0.353. The van der Waals surface area contributed by atoms with Gasteiger partial charge in [-0.15, -0.1) is 0 Å². The van der Waals surface area contributed by atoms with Crippen molar-refractivity contribution in [2.24, 2.45) is 0 Å². The van der Waals surface area contributed by atoms with Crippen molar-refractivity contribution in [3.05, 3.63) is 42.0 Å². The number of carbonyl (C=O) groups is 2. The van der Waals surface area contributed by atoms with E-state index in [0.29, 0.717) is 30.0 Å². The van der Waals surface area contributed by atoms with Gasteiger partial charge in [0.05, 0.1) is 12.2 Å². The predicted octanol–water partition coefficient (Wildman–Crippen LogP) is 2.85. The van der Waals surface area contributed by atoms with E-state index in [4.69, 9.17) is 4.42 Å². The van der Waals surface area contributed by atoms with Crippen molar-refractivity contribution in [3.8, 4) is 11.5 Å². The molecule has 4 rings (SSSR count). The molecule has 0 unspecified atom stereocenters. The zero-order valence-corrected chi connectivity index (χ0v) is 12.9. The highest BCUT2D eigenvalue weighted by molar-refractivity contribution is 6.07. The Morgan fingerprint density at radius 3 is 2.62 bits per heavy atom. The fourth-order valence-corrected chi connectivity index (χ4v) is 3.40. The molecule has 3 amide bonds. The number of nitrogens with zero attached hydrogens (tertiary/aromatic N) is 2. The molecule has 2 aliphatic rings. The van der Waals surface area contributed by atoms with E-state index in [-0.39, 0.29) is 24.3 Å². The number of aromatic nitrogens is 1. The molecule has 124 valence electrons. The highest BCUT2D eigenvalue weighted by Gasteiger charge is 2.52. The van der Waals surface area contributed by atoms with Crippen LogP contribution in [-0.4, -0.2) is 27.4 Å². The molecular weight excluding hydrogens is 313 g/mol. The molecule has 2 fully saturated rings. The zero-order chi connectivity index (χ0) is 16.7. The minimum atomic E-state index is -0.722. The first-order valence-corrected chi connectivity index (χ1v) is 7.92. The van der Waals surface area contributed by atoms with Crippen LogP contribution in [0.4, 0.5) is 9.18 Å². The Morgan fingerprint density at radius 1 is 1.21 bits per heavy atom. The second-order valence-corrected chi connectivity index (χ2v) is 6.26. The van der Waals surface area contributed by atoms with Crippen LogP contribution in [0, 0.1) is 5.82 Å². The van der Waals surface area contributed by atoms with Crippen molar-refractivity contribution in [1.29, 1.82) is 0 Å². The molecule has 7 heteroatoms. The second kappa shape index (κ2) is 5.43. The van der Waals surface area contributed by atoms with Gasteiger partial charge < -0.3 is 9.73 Å². The molecule has 24 heavy (non-hydrogen) atoms. The Morgan fingerprint density at radius 2 is 1.92 bits per heavy atom. The zero-order valence-electron chi connectivity index (χ0n) is 12.9. The van der Waals surface area contributed by atoms with Crippen LogP contribution < -0.4 is 5.32 Å². The molecule has 1 aromatic carbocycles. The van der Waals surface area contributed by atoms with Crippen molar-refractivity contribution >= 4 is 11.9 Å². The summed E-state index contributed by atoms with van der Waals surface area (Å²) in [6, 6.07) is 5.38. The van der Waals surface area contributed by atoms with E-state index in [1.54, 1.807) is 12.1 Å². The largest absolute Gasteiger partial charge is 0.444 e. The lowest BCUT2D eigenvalue weighted by molar-refractivity contribution is -0.131. The lowest BCUT2D eigenvalue weighted by atomic mass is 9.98. The summed E-state index contributed by atoms with van der Waals surface area (Å²) in [5, 5.41) is 2.83. The van der Waals surface area contributed by atoms with Gasteiger partial charge in [-0.1, -0.05) is 12.8 Å². The Bertz CT molecular complexity index is 794. The number of hydrogen-bond acceptors (Lipinski definition) is 4. The summed E-state index contributed by atoms with van der Waals surface area (Å²) in [4.78, 5) is 30.2. The van der Waals surface area contributed by atoms with Crippen LogP contribution >= 0.6 is 0 Å². The number of oxazole rings is 1. The lowest BCUT2D eigenvalue weighted by Crippen LogP contribution is -2.44. The normalized spacial score (nSPS) is 19.3. The van der Waals surface area contributed by atoms with Crippen LogP contribution in [0.15, 0.2) is 34.9 Å². The summed E-state index contributed by atoms with van der Waals surface area (Å²) < 4.78 is 18.4. The standard InChI is InChI=1S/C17H16FN3O3/c18-12-5-3-11(4-6-12)14-19-13(10-24-14)9-21-15(22)17(20-16(21)23)7-1-2-8-17/h3-6,10H,1-2,7-9H2,(H,20,23). The molecule has 1 aliphatic carbocycles. The van der Waals surface area contributed by atoms with Gasteiger partial charge in [0.1, 0.15) is 17.6 Å². The first kappa shape index (κ1) is 14.9. The number of carbonyl (C=O) groups excluding carboxylic acids is 2. The van der Waals surface area contributed by atoms with Crippen molar-refractivity contribution in [2.45, 2.75) is 37.8 Å². The average Bonchev–Trinajstić information content (AvgIpc) is 3.27. The van der Waals surface area contributed by atoms with Crippen molar-refractivity contribution in [1.82, 2.24) is 15.2 Å². The average molecular weight is 329 g/mol. The van der Waals surface area contributed by atoms with Gasteiger partial charge in [0.15, 0.2) is 0 Å². The third kappa shape index (κ3) is 2.36. The summed E-state index contributed by atoms with van der Waals surface area (Å²) in [5.41, 5.74) is 0.389. The molecule has 1 spiro atoms. The molecular formula is C17H16FN3O3. The minimum absolute atomic E-state index is 0.0666. The molecule has 1 saturated heterocycles. The molecule has 2 heterocycles. The van der Waals surface area contributed by atoms with Gasteiger partial charge in [0, 0.05) is 5.56 Å². The van der Waals surface area contributed by atoms with Gasteiger partial charge in [-0.05, 0) is 37.1 Å². The number of amides is 3. The number of urea groups is 1. The summed E-state index contributed by atoms with van der Waals surface area (Å²) in [6.07, 6.45) is 4.68. The molecule has 1 N–H and O–H groups in total. The number of rotatable bonds is 3. The number of halogens is 1. The first-order chi connectivity index (χ1) is 11.6. The Hall–Kier alpha value is -2.70. The lowest BCUT2D eigenvalue weighted by Gasteiger charge is -2.19. The number of imide groups is 1. The van der Waals surface area contributed by atoms with E-state index in [9.17, 15) is 14.0 Å². The smallest absolute Gasteiger partial charge is 0.325 e. The van der Waals surface area contributed by atoms with Crippen LogP contribution in [0.3, 0.4) is 0 Å². The molecule has 6 nitrogen and oxygen atoms in total. The van der Waals surface area contributed by atoms with Crippen LogP contribution in [-0.2, 0) is 11.3 Å². The summed E-state index contributed by atoms with van der Waals surface area (Å²) in [5.74, 6) is -0.198. The molecule has 0 radical (unpaired) electrons. The van der Waals surface area contributed by atoms with Crippen LogP contribution in [0.1, 0.15) is 31.4 Å². The van der Waals surface area contributed by atoms with E-state index in [1.165, 1.54) is 23.3 Å². The maximum atomic E-state index is 13.0. The fourth-order valence-electron chi connectivity index (χ4n) is 3.40. The van der Waals surface area contributed by atoms with Crippen molar-refractivity contribution < 1.29 is 18.4 Å². The highest BCUT2D eigenvalue weighted by Crippen LogP contribution is 2.35. The molecule has 0 atom stereocenters. The van der Waals surface area contributed by atoms with Gasteiger partial charge in [-0.3, -0.25) is 9.69 Å². The third-order valence-corrected chi connectivity index (χ3v) is 4.67. The van der Waals surface area contributed by atoms with E-state index >= 15 is 0 Å². The Labute approximate surface area is 137 Å². The number of benzene rings is 1. The maximum Gasteiger partial charge on any atom is 0.325 e. The number of nitrogens with one attached hydrogen (secondary N) is 1. The second-order valence-electron chi connectivity index (χ2n) is 6.26. The number of hydrogen-bond donors (Lipinski definition) is 1. The van der Waals surface area contributed by atoms with E-state index in [2.05, 4.69) is 10.3 Å². The minimum Gasteiger partial charge on any atom is -0.444 e. The highest BCUT2D eigenvalue weighted by atomic mass is 19.1. The van der Waals surface area contributed by atoms with Gasteiger partial charge in [0.2, 0.25) is 5.89 Å². The predicted molar refractivity (Wildman–Crippen MR) is 82.2 cm³/mol. The topological polar surface area (TPSA) is 75.4 Å². The SMILES string of the molecule is O=C1NC2(CCCC2)C(=O)N1Cc1coc(-c2ccc(F)cc2)n1. The molecule has 1 aliphatic heterocycles. The molecule has 2 aromatic rings. The van der Waals surface area contributed by atoms with Gasteiger partial charge in [0.25, 0.3) is 5.91 Å². The Kier molecular flexibility index (Phi) is 3.37. The summed E-state index contributed by atoms with van der Waals surface area (Å²) in [6.45, 7) is 0.0666. The van der Waals surface area contributed by atoms with Crippen molar-refractivity contribution in [2.75, 3.05) is 0 Å². The van der Waals surface area contributed by atoms with E-state index < -0.39 is 5.54 Å². The Balaban J connectivity index is 1.53. The molecule has 1 aromatic heterocycles. The van der Waals surface area contributed by atoms with Crippen molar-refractivity contribution in [3.63, 3.8) is 0 Å². The molecule has 1 saturated carbocycles. The van der Waals surface area contributed by atoms with E-state index in [1.807, 2.05) is 0 Å². The van der Waals surface area contributed by atoms with E-state index in [0.717, 1.165) is 12.8 Å². The quantitative estimate of drug-likeness (QED) is 0.879. The first-order valence-electron chi connectivity index (χ1n) is 7.92. The van der Waals surface area contributed by atoms with Crippen LogP contribution in [0.5, 0.6) is 0 Å². The van der Waals surface area contributed by atoms with Gasteiger partial charge in [-0.25, -0.2) is 14.2 Å². The third-order valence-electron chi connectivity index (χ3n) is 4.67. The van der Waals surface area contributed by atoms with Crippen LogP contribution in [0.25, 0.3) is 11.5 Å².